The van der Waals surface area contributed by atoms with E-state index in [2.05, 4.69) is 52.6 Å². The van der Waals surface area contributed by atoms with Crippen LogP contribution in [0.3, 0.4) is 0 Å². The molecule has 0 saturated carbocycles. The van der Waals surface area contributed by atoms with Gasteiger partial charge in [-0.1, -0.05) is 74.0 Å². The molecule has 0 radical (unpaired) electrons. The number of amides is 1. The molecule has 0 bridgehead atoms. The van der Waals surface area contributed by atoms with Crippen LogP contribution in [0.5, 0.6) is 5.75 Å². The topological polar surface area (TPSA) is 81.4 Å². The average Bonchev–Trinajstić information content (AvgIpc) is 3.28. The molecule has 10 heteroatoms. The second kappa shape index (κ2) is 11.5. The summed E-state index contributed by atoms with van der Waals surface area (Å²) >= 11 is 8.18. The van der Waals surface area contributed by atoms with Gasteiger partial charge in [0, 0.05) is 25.8 Å². The first-order chi connectivity index (χ1) is 16.5. The normalized spacial score (nSPS) is 11.0. The maximum atomic E-state index is 12.4. The number of hydrogen-bond donors (Lipinski definition) is 1. The van der Waals surface area contributed by atoms with E-state index in [4.69, 9.17) is 4.74 Å². The zero-order chi connectivity index (χ0) is 23.9. The fourth-order valence-corrected chi connectivity index (χ4v) is 4.49. The molecule has 0 aliphatic heterocycles. The number of ether oxygens (including phenoxy) is 1. The van der Waals surface area contributed by atoms with Crippen LogP contribution in [0, 0.1) is 0 Å². The van der Waals surface area contributed by atoms with E-state index in [1.54, 1.807) is 13.3 Å². The highest BCUT2D eigenvalue weighted by Crippen LogP contribution is 2.28. The Bertz CT molecular complexity index is 1310. The molecule has 172 valence electrons. The standard InChI is InChI=1S/C24H19Br2N5O2S/c1-33-21-12-9-19(26)13-17(21)14-27-28-22(32)15-34-24-30-29-23(16-5-3-2-4-6-16)31(24)20-10-7-18(25)8-11-20/h2-14H,15H2,1H3,(H,28,32)/b27-14+. The van der Waals surface area contributed by atoms with E-state index in [1.165, 1.54) is 11.8 Å². The Hall–Kier alpha value is -2.95. The van der Waals surface area contributed by atoms with Crippen molar-refractivity contribution in [2.45, 2.75) is 5.16 Å². The predicted molar refractivity (Wildman–Crippen MR) is 142 cm³/mol. The van der Waals surface area contributed by atoms with Gasteiger partial charge in [0.15, 0.2) is 11.0 Å². The first kappa shape index (κ1) is 24.2. The Morgan fingerprint density at radius 1 is 1.06 bits per heavy atom. The molecule has 3 aromatic carbocycles. The van der Waals surface area contributed by atoms with Gasteiger partial charge in [0.2, 0.25) is 0 Å². The second-order valence-corrected chi connectivity index (χ2v) is 9.73. The fourth-order valence-electron chi connectivity index (χ4n) is 3.10. The minimum absolute atomic E-state index is 0.121. The number of methoxy groups -OCH3 is 1. The van der Waals surface area contributed by atoms with Gasteiger partial charge in [0.25, 0.3) is 5.91 Å². The molecule has 0 fully saturated rings. The van der Waals surface area contributed by atoms with Gasteiger partial charge < -0.3 is 4.74 Å². The Morgan fingerprint density at radius 3 is 2.53 bits per heavy atom. The smallest absolute Gasteiger partial charge is 0.250 e. The number of hydrogen-bond acceptors (Lipinski definition) is 6. The molecule has 1 aromatic heterocycles. The number of nitrogens with zero attached hydrogens (tertiary/aromatic N) is 4. The van der Waals surface area contributed by atoms with E-state index in [-0.39, 0.29) is 11.7 Å². The zero-order valence-corrected chi connectivity index (χ0v) is 22.0. The summed E-state index contributed by atoms with van der Waals surface area (Å²) in [7, 11) is 1.58. The minimum atomic E-state index is -0.262. The van der Waals surface area contributed by atoms with E-state index in [9.17, 15) is 4.79 Å². The molecule has 34 heavy (non-hydrogen) atoms. The van der Waals surface area contributed by atoms with Gasteiger partial charge in [-0.2, -0.15) is 5.10 Å². The number of carbonyl (C=O) groups is 1. The Kier molecular flexibility index (Phi) is 8.15. The zero-order valence-electron chi connectivity index (χ0n) is 18.0. The molecule has 7 nitrogen and oxygen atoms in total. The van der Waals surface area contributed by atoms with Gasteiger partial charge in [-0.15, -0.1) is 10.2 Å². The Balaban J connectivity index is 1.50. The number of thioether (sulfide) groups is 1. The van der Waals surface area contributed by atoms with Crippen molar-refractivity contribution < 1.29 is 9.53 Å². The lowest BCUT2D eigenvalue weighted by Gasteiger charge is -2.10. The monoisotopic (exact) mass is 599 g/mol. The van der Waals surface area contributed by atoms with Crippen LogP contribution in [0.4, 0.5) is 0 Å². The molecule has 0 atom stereocenters. The number of benzene rings is 3. The van der Waals surface area contributed by atoms with Gasteiger partial charge in [-0.25, -0.2) is 5.43 Å². The highest BCUT2D eigenvalue weighted by atomic mass is 79.9. The van der Waals surface area contributed by atoms with Crippen LogP contribution in [-0.4, -0.2) is 39.7 Å². The van der Waals surface area contributed by atoms with Crippen molar-refractivity contribution in [1.82, 2.24) is 20.2 Å². The van der Waals surface area contributed by atoms with E-state index < -0.39 is 0 Å². The van der Waals surface area contributed by atoms with Gasteiger partial charge in [-0.05, 0) is 42.5 Å². The number of aromatic nitrogens is 3. The first-order valence-electron chi connectivity index (χ1n) is 10.1. The Morgan fingerprint density at radius 2 is 1.79 bits per heavy atom. The Labute approximate surface area is 217 Å². The molecular formula is C24H19Br2N5O2S. The summed E-state index contributed by atoms with van der Waals surface area (Å²) in [6.45, 7) is 0. The molecule has 1 amide bonds. The van der Waals surface area contributed by atoms with Crippen LogP contribution >= 0.6 is 43.6 Å². The maximum Gasteiger partial charge on any atom is 0.250 e. The summed E-state index contributed by atoms with van der Waals surface area (Å²) in [4.78, 5) is 12.4. The second-order valence-electron chi connectivity index (χ2n) is 6.95. The molecular weight excluding hydrogens is 582 g/mol. The number of carbonyl (C=O) groups excluding carboxylic acids is 1. The van der Waals surface area contributed by atoms with Crippen LogP contribution in [0.2, 0.25) is 0 Å². The van der Waals surface area contributed by atoms with E-state index in [1.807, 2.05) is 77.4 Å². The quantitative estimate of drug-likeness (QED) is 0.159. The van der Waals surface area contributed by atoms with Gasteiger partial charge >= 0.3 is 0 Å². The highest BCUT2D eigenvalue weighted by Gasteiger charge is 2.17. The summed E-state index contributed by atoms with van der Waals surface area (Å²) in [6.07, 6.45) is 1.55. The summed E-state index contributed by atoms with van der Waals surface area (Å²) < 4.78 is 9.11. The van der Waals surface area contributed by atoms with Crippen molar-refractivity contribution in [3.63, 3.8) is 0 Å². The lowest BCUT2D eigenvalue weighted by atomic mass is 10.2. The third kappa shape index (κ3) is 5.94. The molecule has 4 rings (SSSR count). The van der Waals surface area contributed by atoms with Crippen molar-refractivity contribution >= 4 is 55.7 Å². The fraction of sp³-hybridized carbons (Fsp3) is 0.0833. The molecule has 0 aliphatic rings. The SMILES string of the molecule is COc1ccc(Br)cc1/C=N/NC(=O)CSc1nnc(-c2ccccc2)n1-c1ccc(Br)cc1. The van der Waals surface area contributed by atoms with Crippen LogP contribution in [0.15, 0.2) is 92.0 Å². The van der Waals surface area contributed by atoms with E-state index in [0.717, 1.165) is 25.8 Å². The summed E-state index contributed by atoms with van der Waals surface area (Å²) in [5, 5.41) is 13.4. The summed E-state index contributed by atoms with van der Waals surface area (Å²) in [5.74, 6) is 1.22. The summed E-state index contributed by atoms with van der Waals surface area (Å²) in [5.41, 5.74) is 5.13. The van der Waals surface area contributed by atoms with Gasteiger partial charge in [-0.3, -0.25) is 9.36 Å². The van der Waals surface area contributed by atoms with Crippen molar-refractivity contribution in [1.29, 1.82) is 0 Å². The number of hydrazone groups is 1. The van der Waals surface area contributed by atoms with Crippen LogP contribution in [0.1, 0.15) is 5.56 Å². The average molecular weight is 601 g/mol. The molecule has 4 aromatic rings. The molecule has 0 aliphatic carbocycles. The summed E-state index contributed by atoms with van der Waals surface area (Å²) in [6, 6.07) is 23.2. The third-order valence-electron chi connectivity index (χ3n) is 4.67. The van der Waals surface area contributed by atoms with Crippen LogP contribution in [-0.2, 0) is 4.79 Å². The van der Waals surface area contributed by atoms with Gasteiger partial charge in [0.1, 0.15) is 5.75 Å². The van der Waals surface area contributed by atoms with Crippen molar-refractivity contribution in [2.24, 2.45) is 5.10 Å². The third-order valence-corrected chi connectivity index (χ3v) is 6.62. The van der Waals surface area contributed by atoms with Crippen molar-refractivity contribution in [2.75, 3.05) is 12.9 Å². The molecule has 1 N–H and O–H groups in total. The number of nitrogens with one attached hydrogen (secondary N) is 1. The number of halogens is 2. The van der Waals surface area contributed by atoms with E-state index in [0.29, 0.717) is 16.7 Å². The molecule has 0 spiro atoms. The minimum Gasteiger partial charge on any atom is -0.496 e. The number of rotatable bonds is 8. The molecule has 1 heterocycles. The highest BCUT2D eigenvalue weighted by molar-refractivity contribution is 9.10. The lowest BCUT2D eigenvalue weighted by Crippen LogP contribution is -2.20. The van der Waals surface area contributed by atoms with E-state index >= 15 is 0 Å². The molecule has 0 saturated heterocycles. The van der Waals surface area contributed by atoms with Crippen molar-refractivity contribution in [3.8, 4) is 22.8 Å². The maximum absolute atomic E-state index is 12.4. The van der Waals surface area contributed by atoms with Crippen LogP contribution < -0.4 is 10.2 Å². The van der Waals surface area contributed by atoms with Crippen LogP contribution in [0.25, 0.3) is 17.1 Å². The molecule has 0 unspecified atom stereocenters. The van der Waals surface area contributed by atoms with Gasteiger partial charge in [0.05, 0.1) is 19.1 Å². The predicted octanol–water partition coefficient (Wildman–Crippen LogP) is 5.71. The van der Waals surface area contributed by atoms with Crippen molar-refractivity contribution in [3.05, 3.63) is 87.3 Å². The largest absolute Gasteiger partial charge is 0.496 e. The lowest BCUT2D eigenvalue weighted by molar-refractivity contribution is -0.118. The first-order valence-corrected chi connectivity index (χ1v) is 12.7.